The van der Waals surface area contributed by atoms with Gasteiger partial charge >= 0.3 is 0 Å². The van der Waals surface area contributed by atoms with Crippen molar-refractivity contribution in [3.05, 3.63) is 12.7 Å². The quantitative estimate of drug-likeness (QED) is 0.541. The van der Waals surface area contributed by atoms with Crippen LogP contribution in [0, 0.1) is 0 Å². The van der Waals surface area contributed by atoms with Gasteiger partial charge in [-0.2, -0.15) is 5.06 Å². The Labute approximate surface area is 62.4 Å². The largest absolute Gasteiger partial charge is 0.302 e. The van der Waals surface area contributed by atoms with Crippen LogP contribution in [0.2, 0.25) is 0 Å². The zero-order chi connectivity index (χ0) is 7.40. The standard InChI is InChI=1S/C8H15NO/c1-3-8-6-4-5-7-9(8)10-2/h3,8H,1,4-7H2,2H3. The van der Waals surface area contributed by atoms with E-state index < -0.39 is 0 Å². The maximum absolute atomic E-state index is 5.16. The molecule has 0 aliphatic carbocycles. The van der Waals surface area contributed by atoms with Crippen LogP contribution in [-0.4, -0.2) is 24.8 Å². The van der Waals surface area contributed by atoms with Gasteiger partial charge < -0.3 is 4.84 Å². The Morgan fingerprint density at radius 2 is 2.40 bits per heavy atom. The first-order valence-electron chi connectivity index (χ1n) is 3.82. The van der Waals surface area contributed by atoms with Crippen LogP contribution in [0.3, 0.4) is 0 Å². The smallest absolute Gasteiger partial charge is 0.0575 e. The number of piperidine rings is 1. The molecule has 0 spiro atoms. The van der Waals surface area contributed by atoms with Crippen LogP contribution >= 0.6 is 0 Å². The van der Waals surface area contributed by atoms with E-state index in [4.69, 9.17) is 4.84 Å². The zero-order valence-electron chi connectivity index (χ0n) is 6.55. The number of hydrogen-bond donors (Lipinski definition) is 0. The van der Waals surface area contributed by atoms with E-state index in [0.717, 1.165) is 6.54 Å². The molecule has 1 fully saturated rings. The second kappa shape index (κ2) is 3.74. The molecule has 0 aromatic rings. The monoisotopic (exact) mass is 141 g/mol. The number of hydrogen-bond acceptors (Lipinski definition) is 2. The molecule has 58 valence electrons. The average molecular weight is 141 g/mol. The van der Waals surface area contributed by atoms with E-state index >= 15 is 0 Å². The normalized spacial score (nSPS) is 28.3. The van der Waals surface area contributed by atoms with Gasteiger partial charge in [-0.1, -0.05) is 12.5 Å². The highest BCUT2D eigenvalue weighted by Crippen LogP contribution is 2.16. The average Bonchev–Trinajstić information content (AvgIpc) is 2.04. The Hall–Kier alpha value is -0.340. The van der Waals surface area contributed by atoms with Gasteiger partial charge in [-0.15, -0.1) is 6.58 Å². The van der Waals surface area contributed by atoms with Crippen LogP contribution in [0.15, 0.2) is 12.7 Å². The molecule has 0 aromatic carbocycles. The summed E-state index contributed by atoms with van der Waals surface area (Å²) in [6, 6.07) is 0.443. The maximum atomic E-state index is 5.16. The van der Waals surface area contributed by atoms with Crippen molar-refractivity contribution in [1.82, 2.24) is 5.06 Å². The summed E-state index contributed by atoms with van der Waals surface area (Å²) >= 11 is 0. The second-order valence-corrected chi connectivity index (χ2v) is 2.62. The van der Waals surface area contributed by atoms with Crippen molar-refractivity contribution < 1.29 is 4.84 Å². The zero-order valence-corrected chi connectivity index (χ0v) is 6.55. The molecule has 1 aliphatic heterocycles. The summed E-state index contributed by atoms with van der Waals surface area (Å²) in [7, 11) is 1.72. The van der Waals surface area contributed by atoms with Gasteiger partial charge in [0, 0.05) is 6.54 Å². The van der Waals surface area contributed by atoms with Gasteiger partial charge in [0.15, 0.2) is 0 Å². The van der Waals surface area contributed by atoms with Gasteiger partial charge in [-0.25, -0.2) is 0 Å². The van der Waals surface area contributed by atoms with Crippen LogP contribution in [0.4, 0.5) is 0 Å². The molecule has 0 amide bonds. The fourth-order valence-corrected chi connectivity index (χ4v) is 1.39. The van der Waals surface area contributed by atoms with Gasteiger partial charge in [-0.05, 0) is 12.8 Å². The van der Waals surface area contributed by atoms with Gasteiger partial charge in [-0.3, -0.25) is 0 Å². The third kappa shape index (κ3) is 1.58. The summed E-state index contributed by atoms with van der Waals surface area (Å²) < 4.78 is 0. The Morgan fingerprint density at radius 1 is 1.60 bits per heavy atom. The van der Waals surface area contributed by atoms with Gasteiger partial charge in [0.05, 0.1) is 13.2 Å². The fraction of sp³-hybridized carbons (Fsp3) is 0.750. The van der Waals surface area contributed by atoms with Gasteiger partial charge in [0.1, 0.15) is 0 Å². The van der Waals surface area contributed by atoms with E-state index in [-0.39, 0.29) is 0 Å². The summed E-state index contributed by atoms with van der Waals surface area (Å²) in [4.78, 5) is 5.16. The fourth-order valence-electron chi connectivity index (χ4n) is 1.39. The lowest BCUT2D eigenvalue weighted by molar-refractivity contribution is -0.162. The second-order valence-electron chi connectivity index (χ2n) is 2.62. The highest BCUT2D eigenvalue weighted by molar-refractivity contribution is 4.87. The van der Waals surface area contributed by atoms with Gasteiger partial charge in [0.2, 0.25) is 0 Å². The number of nitrogens with zero attached hydrogens (tertiary/aromatic N) is 1. The van der Waals surface area contributed by atoms with Crippen molar-refractivity contribution in [1.29, 1.82) is 0 Å². The van der Waals surface area contributed by atoms with Crippen molar-refractivity contribution in [3.8, 4) is 0 Å². The van der Waals surface area contributed by atoms with E-state index in [1.807, 2.05) is 11.1 Å². The maximum Gasteiger partial charge on any atom is 0.0575 e. The van der Waals surface area contributed by atoms with Crippen molar-refractivity contribution in [3.63, 3.8) is 0 Å². The Balaban J connectivity index is 2.41. The van der Waals surface area contributed by atoms with E-state index in [0.29, 0.717) is 6.04 Å². The van der Waals surface area contributed by atoms with Crippen LogP contribution in [0.25, 0.3) is 0 Å². The summed E-state index contributed by atoms with van der Waals surface area (Å²) in [5.41, 5.74) is 0. The lowest BCUT2D eigenvalue weighted by Gasteiger charge is -2.31. The topological polar surface area (TPSA) is 12.5 Å². The molecule has 0 bridgehead atoms. The van der Waals surface area contributed by atoms with Crippen LogP contribution in [0.5, 0.6) is 0 Å². The molecule has 1 unspecified atom stereocenters. The molecular weight excluding hydrogens is 126 g/mol. The van der Waals surface area contributed by atoms with Gasteiger partial charge in [0.25, 0.3) is 0 Å². The molecule has 0 saturated carbocycles. The molecule has 10 heavy (non-hydrogen) atoms. The summed E-state index contributed by atoms with van der Waals surface area (Å²) in [6.45, 7) is 4.81. The highest BCUT2D eigenvalue weighted by Gasteiger charge is 2.18. The molecule has 0 N–H and O–H groups in total. The lowest BCUT2D eigenvalue weighted by Crippen LogP contribution is -2.36. The highest BCUT2D eigenvalue weighted by atomic mass is 16.7. The van der Waals surface area contributed by atoms with E-state index in [1.54, 1.807) is 7.11 Å². The third-order valence-corrected chi connectivity index (χ3v) is 2.00. The molecule has 0 radical (unpaired) electrons. The summed E-state index contributed by atoms with van der Waals surface area (Å²) in [6.07, 6.45) is 5.70. The number of hydroxylamine groups is 2. The van der Waals surface area contributed by atoms with Crippen molar-refractivity contribution in [2.24, 2.45) is 0 Å². The van der Waals surface area contributed by atoms with E-state index in [1.165, 1.54) is 19.3 Å². The first-order valence-corrected chi connectivity index (χ1v) is 3.82. The molecule has 1 atom stereocenters. The van der Waals surface area contributed by atoms with E-state index in [9.17, 15) is 0 Å². The van der Waals surface area contributed by atoms with Crippen LogP contribution < -0.4 is 0 Å². The molecule has 0 aromatic heterocycles. The van der Waals surface area contributed by atoms with Crippen LogP contribution in [-0.2, 0) is 4.84 Å². The third-order valence-electron chi connectivity index (χ3n) is 2.00. The minimum atomic E-state index is 0.443. The van der Waals surface area contributed by atoms with Crippen LogP contribution in [0.1, 0.15) is 19.3 Å². The molecule has 1 saturated heterocycles. The predicted molar refractivity (Wildman–Crippen MR) is 41.6 cm³/mol. The summed E-state index contributed by atoms with van der Waals surface area (Å²) in [5.74, 6) is 0. The molecule has 1 heterocycles. The minimum absolute atomic E-state index is 0.443. The predicted octanol–water partition coefficient (Wildman–Crippen LogP) is 1.59. The first kappa shape index (κ1) is 7.76. The van der Waals surface area contributed by atoms with Crippen molar-refractivity contribution >= 4 is 0 Å². The first-order chi connectivity index (χ1) is 4.88. The SMILES string of the molecule is C=CC1CCCCN1OC. The Morgan fingerprint density at radius 3 is 2.90 bits per heavy atom. The summed E-state index contributed by atoms with van der Waals surface area (Å²) in [5, 5.41) is 2.00. The molecule has 2 nitrogen and oxygen atoms in total. The van der Waals surface area contributed by atoms with Crippen molar-refractivity contribution in [2.45, 2.75) is 25.3 Å². The molecule has 1 aliphatic rings. The Kier molecular flexibility index (Phi) is 2.90. The van der Waals surface area contributed by atoms with Crippen molar-refractivity contribution in [2.75, 3.05) is 13.7 Å². The number of rotatable bonds is 2. The lowest BCUT2D eigenvalue weighted by atomic mass is 10.1. The Bertz CT molecular complexity index is 114. The molecule has 1 rings (SSSR count). The van der Waals surface area contributed by atoms with E-state index in [2.05, 4.69) is 6.58 Å². The molecular formula is C8H15NO. The molecule has 2 heteroatoms. The minimum Gasteiger partial charge on any atom is -0.302 e.